The highest BCUT2D eigenvalue weighted by Gasteiger charge is 2.38. The largest absolute Gasteiger partial charge is 0.390 e. The van der Waals surface area contributed by atoms with Crippen molar-refractivity contribution in [1.29, 1.82) is 0 Å². The van der Waals surface area contributed by atoms with Gasteiger partial charge < -0.3 is 19.1 Å². The highest BCUT2D eigenvalue weighted by atomic mass is 16.5. The van der Waals surface area contributed by atoms with Crippen molar-refractivity contribution >= 4 is 11.6 Å². The molecule has 2 aliphatic rings. The summed E-state index contributed by atoms with van der Waals surface area (Å²) in [5.41, 5.74) is 2.30. The summed E-state index contributed by atoms with van der Waals surface area (Å²) in [6.45, 7) is 5.87. The molecule has 2 saturated heterocycles. The molecular formula is C17H22N4O3. The van der Waals surface area contributed by atoms with Gasteiger partial charge >= 0.3 is 0 Å². The lowest BCUT2D eigenvalue weighted by Gasteiger charge is -2.33. The van der Waals surface area contributed by atoms with Crippen molar-refractivity contribution in [3.63, 3.8) is 0 Å². The van der Waals surface area contributed by atoms with Gasteiger partial charge in [-0.1, -0.05) is 6.07 Å². The fourth-order valence-electron chi connectivity index (χ4n) is 3.57. The van der Waals surface area contributed by atoms with Gasteiger partial charge in [0.15, 0.2) is 0 Å². The Kier molecular flexibility index (Phi) is 3.99. The number of carbonyl (C=O) groups excluding carboxylic acids is 1. The standard InChI is InChI=1S/C17H22N4O3/c1-12-2-3-16-18-13(9-20(16)8-12)17(23)21-10-14(15(22)11-21)19-4-6-24-7-5-19/h2-3,8-9,14-15,22H,4-7,10-11H2,1H3/t14-,15-/m1/s1. The van der Waals surface area contributed by atoms with Gasteiger partial charge in [0, 0.05) is 38.6 Å². The summed E-state index contributed by atoms with van der Waals surface area (Å²) in [6.07, 6.45) is 3.19. The van der Waals surface area contributed by atoms with Gasteiger partial charge in [0.1, 0.15) is 11.3 Å². The van der Waals surface area contributed by atoms with Crippen LogP contribution in [0.5, 0.6) is 0 Å². The van der Waals surface area contributed by atoms with Crippen molar-refractivity contribution in [1.82, 2.24) is 19.2 Å². The van der Waals surface area contributed by atoms with Gasteiger partial charge in [-0.15, -0.1) is 0 Å². The van der Waals surface area contributed by atoms with Crippen LogP contribution in [-0.4, -0.2) is 81.7 Å². The summed E-state index contributed by atoms with van der Waals surface area (Å²) in [5.74, 6) is -0.119. The second-order valence-electron chi connectivity index (χ2n) is 6.59. The third kappa shape index (κ3) is 2.79. The van der Waals surface area contributed by atoms with Crippen LogP contribution in [0.15, 0.2) is 24.5 Å². The molecular weight excluding hydrogens is 308 g/mol. The third-order valence-corrected chi connectivity index (χ3v) is 4.88. The van der Waals surface area contributed by atoms with Gasteiger partial charge in [0.2, 0.25) is 0 Å². The number of aliphatic hydroxyl groups excluding tert-OH is 1. The van der Waals surface area contributed by atoms with Crippen LogP contribution >= 0.6 is 0 Å². The van der Waals surface area contributed by atoms with Gasteiger partial charge in [-0.05, 0) is 18.6 Å². The zero-order valence-electron chi connectivity index (χ0n) is 13.8. The van der Waals surface area contributed by atoms with E-state index >= 15 is 0 Å². The predicted molar refractivity (Wildman–Crippen MR) is 88.0 cm³/mol. The van der Waals surface area contributed by atoms with Crippen LogP contribution in [0.2, 0.25) is 0 Å². The number of hydrogen-bond acceptors (Lipinski definition) is 5. The number of imidazole rings is 1. The molecule has 7 heteroatoms. The van der Waals surface area contributed by atoms with Crippen molar-refractivity contribution in [2.45, 2.75) is 19.1 Å². The Morgan fingerprint density at radius 1 is 1.25 bits per heavy atom. The number of rotatable bonds is 2. The van der Waals surface area contributed by atoms with Crippen molar-refractivity contribution in [3.05, 3.63) is 35.8 Å². The van der Waals surface area contributed by atoms with E-state index in [2.05, 4.69) is 9.88 Å². The maximum atomic E-state index is 12.8. The number of hydrogen-bond donors (Lipinski definition) is 1. The third-order valence-electron chi connectivity index (χ3n) is 4.88. The molecule has 0 radical (unpaired) electrons. The Morgan fingerprint density at radius 2 is 2.04 bits per heavy atom. The maximum absolute atomic E-state index is 12.8. The van der Waals surface area contributed by atoms with Crippen molar-refractivity contribution < 1.29 is 14.6 Å². The summed E-state index contributed by atoms with van der Waals surface area (Å²) in [7, 11) is 0. The number of ether oxygens (including phenoxy) is 1. The number of pyridine rings is 1. The minimum atomic E-state index is -0.522. The summed E-state index contributed by atoms with van der Waals surface area (Å²) >= 11 is 0. The normalized spacial score (nSPS) is 25.5. The van der Waals surface area contributed by atoms with E-state index in [1.807, 2.05) is 29.7 Å². The zero-order valence-corrected chi connectivity index (χ0v) is 13.8. The molecule has 7 nitrogen and oxygen atoms in total. The Morgan fingerprint density at radius 3 is 2.83 bits per heavy atom. The summed E-state index contributed by atoms with van der Waals surface area (Å²) in [6, 6.07) is 3.86. The van der Waals surface area contributed by atoms with E-state index in [4.69, 9.17) is 4.74 Å². The molecule has 2 aliphatic heterocycles. The first-order valence-corrected chi connectivity index (χ1v) is 8.36. The average Bonchev–Trinajstić information content (AvgIpc) is 3.18. The van der Waals surface area contributed by atoms with Crippen LogP contribution in [0.3, 0.4) is 0 Å². The molecule has 0 bridgehead atoms. The number of fused-ring (bicyclic) bond motifs is 1. The molecule has 0 saturated carbocycles. The fourth-order valence-corrected chi connectivity index (χ4v) is 3.57. The molecule has 2 aromatic rings. The molecule has 128 valence electrons. The van der Waals surface area contributed by atoms with Gasteiger partial charge in [-0.3, -0.25) is 9.69 Å². The summed E-state index contributed by atoms with van der Waals surface area (Å²) < 4.78 is 7.23. The predicted octanol–water partition coefficient (Wildman–Crippen LogP) is 0.160. The molecule has 0 unspecified atom stereocenters. The Bertz CT molecular complexity index is 753. The first-order valence-electron chi connectivity index (χ1n) is 8.36. The van der Waals surface area contributed by atoms with Crippen LogP contribution in [0.1, 0.15) is 16.1 Å². The molecule has 2 aromatic heterocycles. The molecule has 0 aromatic carbocycles. The smallest absolute Gasteiger partial charge is 0.274 e. The highest BCUT2D eigenvalue weighted by Crippen LogP contribution is 2.20. The van der Waals surface area contributed by atoms with Crippen molar-refractivity contribution in [2.75, 3.05) is 39.4 Å². The topological polar surface area (TPSA) is 70.3 Å². The quantitative estimate of drug-likeness (QED) is 0.849. The Balaban J connectivity index is 1.51. The van der Waals surface area contributed by atoms with Crippen LogP contribution < -0.4 is 0 Å². The molecule has 24 heavy (non-hydrogen) atoms. The minimum absolute atomic E-state index is 0.0166. The molecule has 1 amide bonds. The minimum Gasteiger partial charge on any atom is -0.390 e. The number of amides is 1. The molecule has 4 rings (SSSR count). The van der Waals surface area contributed by atoms with Gasteiger partial charge in [-0.25, -0.2) is 4.98 Å². The van der Waals surface area contributed by atoms with Crippen LogP contribution in [-0.2, 0) is 4.74 Å². The first-order chi connectivity index (χ1) is 11.6. The lowest BCUT2D eigenvalue weighted by molar-refractivity contribution is -0.00611. The molecule has 2 atom stereocenters. The van der Waals surface area contributed by atoms with Gasteiger partial charge in [-0.2, -0.15) is 0 Å². The molecule has 0 spiro atoms. The van der Waals surface area contributed by atoms with Crippen LogP contribution in [0.25, 0.3) is 5.65 Å². The number of β-amino-alcohol motifs (C(OH)–C–C–N with tert-alkyl or cyclic N) is 1. The van der Waals surface area contributed by atoms with Crippen LogP contribution in [0, 0.1) is 6.92 Å². The Hall–Kier alpha value is -1.96. The van der Waals surface area contributed by atoms with E-state index in [1.54, 1.807) is 11.1 Å². The van der Waals surface area contributed by atoms with E-state index in [9.17, 15) is 9.90 Å². The number of nitrogens with zero attached hydrogens (tertiary/aromatic N) is 4. The number of morpholine rings is 1. The molecule has 0 aliphatic carbocycles. The number of aromatic nitrogens is 2. The number of likely N-dealkylation sites (tertiary alicyclic amines) is 1. The molecule has 1 N–H and O–H groups in total. The van der Waals surface area contributed by atoms with E-state index in [0.29, 0.717) is 32.0 Å². The van der Waals surface area contributed by atoms with Gasteiger partial charge in [0.25, 0.3) is 5.91 Å². The van der Waals surface area contributed by atoms with Crippen molar-refractivity contribution in [3.8, 4) is 0 Å². The number of aryl methyl sites for hydroxylation is 1. The van der Waals surface area contributed by atoms with E-state index in [0.717, 1.165) is 24.3 Å². The lowest BCUT2D eigenvalue weighted by atomic mass is 10.2. The van der Waals surface area contributed by atoms with Crippen LogP contribution in [0.4, 0.5) is 0 Å². The van der Waals surface area contributed by atoms with E-state index in [1.165, 1.54) is 0 Å². The molecule has 2 fully saturated rings. The Labute approximate surface area is 140 Å². The molecule has 4 heterocycles. The second-order valence-corrected chi connectivity index (χ2v) is 6.59. The summed E-state index contributed by atoms with van der Waals surface area (Å²) in [5, 5.41) is 10.4. The number of carbonyl (C=O) groups is 1. The lowest BCUT2D eigenvalue weighted by Crippen LogP contribution is -2.49. The maximum Gasteiger partial charge on any atom is 0.274 e. The van der Waals surface area contributed by atoms with E-state index in [-0.39, 0.29) is 11.9 Å². The number of aliphatic hydroxyl groups is 1. The first kappa shape index (κ1) is 15.6. The van der Waals surface area contributed by atoms with Crippen molar-refractivity contribution in [2.24, 2.45) is 0 Å². The summed E-state index contributed by atoms with van der Waals surface area (Å²) in [4.78, 5) is 21.1. The second kappa shape index (κ2) is 6.16. The monoisotopic (exact) mass is 330 g/mol. The SMILES string of the molecule is Cc1ccc2nc(C(=O)N3C[C@@H](O)[C@H](N4CCOCC4)C3)cn2c1. The average molecular weight is 330 g/mol. The zero-order chi connectivity index (χ0) is 16.7. The van der Waals surface area contributed by atoms with E-state index < -0.39 is 6.10 Å². The highest BCUT2D eigenvalue weighted by molar-refractivity contribution is 5.93. The fraction of sp³-hybridized carbons (Fsp3) is 0.529. The van der Waals surface area contributed by atoms with Gasteiger partial charge in [0.05, 0.1) is 25.4 Å².